The zero-order valence-corrected chi connectivity index (χ0v) is 12.3. The Morgan fingerprint density at radius 2 is 1.73 bits per heavy atom. The number of allylic oxidation sites excluding steroid dienone is 1. The Morgan fingerprint density at radius 3 is 2.27 bits per heavy atom. The van der Waals surface area contributed by atoms with Crippen molar-refractivity contribution in [2.75, 3.05) is 0 Å². The molecule has 0 spiro atoms. The van der Waals surface area contributed by atoms with Gasteiger partial charge in [0.1, 0.15) is 0 Å². The van der Waals surface area contributed by atoms with E-state index in [1.165, 1.54) is 6.07 Å². The first-order valence-corrected chi connectivity index (χ1v) is 4.73. The average molecular weight is 373 g/mol. The zero-order valence-electron chi connectivity index (χ0n) is 8.72. The number of fused-ring (bicyclic) bond motifs is 1. The maximum atomic E-state index is 13.8. The van der Waals surface area contributed by atoms with Crippen LogP contribution in [0.2, 0.25) is 0 Å². The molecule has 0 fully saturated rings. The number of rotatable bonds is 1. The summed E-state index contributed by atoms with van der Waals surface area (Å²) in [5, 5.41) is 0. The SMILES string of the molecule is CC(C)C1=Cc2ccccc2C1(F)F.[Hf]. The van der Waals surface area contributed by atoms with Gasteiger partial charge in [-0.3, -0.25) is 0 Å². The van der Waals surface area contributed by atoms with Crippen molar-refractivity contribution in [3.8, 4) is 0 Å². The maximum Gasteiger partial charge on any atom is 0.295 e. The predicted molar refractivity (Wildman–Crippen MR) is 53.2 cm³/mol. The van der Waals surface area contributed by atoms with Gasteiger partial charge in [-0.2, -0.15) is 8.78 Å². The second kappa shape index (κ2) is 4.28. The summed E-state index contributed by atoms with van der Waals surface area (Å²) in [4.78, 5) is 0. The number of alkyl halides is 2. The first-order chi connectivity index (χ1) is 6.53. The van der Waals surface area contributed by atoms with Crippen molar-refractivity contribution in [2.45, 2.75) is 19.8 Å². The molecule has 0 saturated carbocycles. The molecule has 0 amide bonds. The molecule has 1 aliphatic rings. The number of benzene rings is 1. The van der Waals surface area contributed by atoms with Crippen molar-refractivity contribution < 1.29 is 34.6 Å². The van der Waals surface area contributed by atoms with E-state index in [9.17, 15) is 8.78 Å². The number of hydrogen-bond donors (Lipinski definition) is 0. The molecule has 0 unspecified atom stereocenters. The smallest absolute Gasteiger partial charge is 0.196 e. The molecule has 0 heterocycles. The van der Waals surface area contributed by atoms with E-state index in [0.717, 1.165) is 0 Å². The van der Waals surface area contributed by atoms with Crippen molar-refractivity contribution >= 4 is 6.08 Å². The van der Waals surface area contributed by atoms with Crippen LogP contribution >= 0.6 is 0 Å². The maximum absolute atomic E-state index is 13.8. The molecule has 0 saturated heterocycles. The van der Waals surface area contributed by atoms with Crippen LogP contribution in [-0.4, -0.2) is 0 Å². The second-order valence-electron chi connectivity index (χ2n) is 3.92. The fraction of sp³-hybridized carbons (Fsp3) is 0.333. The minimum atomic E-state index is -2.77. The van der Waals surface area contributed by atoms with Crippen LogP contribution in [-0.2, 0) is 31.8 Å². The van der Waals surface area contributed by atoms with Gasteiger partial charge in [-0.15, -0.1) is 0 Å². The molecule has 0 aliphatic heterocycles. The Balaban J connectivity index is 0.00000112. The minimum absolute atomic E-state index is 0. The molecule has 15 heavy (non-hydrogen) atoms. The van der Waals surface area contributed by atoms with Crippen molar-refractivity contribution in [2.24, 2.45) is 5.92 Å². The van der Waals surface area contributed by atoms with E-state index in [1.807, 2.05) is 0 Å². The molecule has 0 N–H and O–H groups in total. The zero-order chi connectivity index (χ0) is 10.3. The number of halogens is 2. The Morgan fingerprint density at radius 1 is 1.13 bits per heavy atom. The summed E-state index contributed by atoms with van der Waals surface area (Å²) in [5.41, 5.74) is 1.02. The van der Waals surface area contributed by atoms with Gasteiger partial charge in [0.25, 0.3) is 5.92 Å². The summed E-state index contributed by atoms with van der Waals surface area (Å²) >= 11 is 0. The fourth-order valence-corrected chi connectivity index (χ4v) is 1.85. The minimum Gasteiger partial charge on any atom is -0.196 e. The second-order valence-corrected chi connectivity index (χ2v) is 3.92. The molecule has 78 valence electrons. The topological polar surface area (TPSA) is 0 Å². The summed E-state index contributed by atoms with van der Waals surface area (Å²) < 4.78 is 27.6. The average Bonchev–Trinajstić information content (AvgIpc) is 2.39. The van der Waals surface area contributed by atoms with Crippen LogP contribution in [0.5, 0.6) is 0 Å². The van der Waals surface area contributed by atoms with Gasteiger partial charge in [0.05, 0.1) is 0 Å². The molecule has 3 heteroatoms. The summed E-state index contributed by atoms with van der Waals surface area (Å²) in [6.07, 6.45) is 1.61. The van der Waals surface area contributed by atoms with Crippen molar-refractivity contribution in [3.05, 3.63) is 41.0 Å². The van der Waals surface area contributed by atoms with E-state index < -0.39 is 5.92 Å². The predicted octanol–water partition coefficient (Wildman–Crippen LogP) is 3.83. The van der Waals surface area contributed by atoms with Gasteiger partial charge in [0.2, 0.25) is 0 Å². The Kier molecular flexibility index (Phi) is 3.64. The summed E-state index contributed by atoms with van der Waals surface area (Å²) in [7, 11) is 0. The monoisotopic (exact) mass is 374 g/mol. The van der Waals surface area contributed by atoms with Crippen LogP contribution in [0.4, 0.5) is 8.78 Å². The molecule has 1 aromatic carbocycles. The third kappa shape index (κ3) is 1.99. The van der Waals surface area contributed by atoms with Gasteiger partial charge < -0.3 is 0 Å². The van der Waals surface area contributed by atoms with Gasteiger partial charge in [-0.1, -0.05) is 38.1 Å². The van der Waals surface area contributed by atoms with Crippen LogP contribution in [0.3, 0.4) is 0 Å². The summed E-state index contributed by atoms with van der Waals surface area (Å²) in [6, 6.07) is 6.68. The standard InChI is InChI=1S/C12H12F2.Hf/c1-8(2)11-7-9-5-3-4-6-10(9)12(11,13)14;/h3-8H,1-2H3;. The molecular weight excluding hydrogens is 361 g/mol. The normalized spacial score (nSPS) is 17.0. The Bertz CT molecular complexity index is 394. The van der Waals surface area contributed by atoms with Crippen molar-refractivity contribution in [1.82, 2.24) is 0 Å². The van der Waals surface area contributed by atoms with Gasteiger partial charge in [0, 0.05) is 37.0 Å². The molecule has 0 bridgehead atoms. The van der Waals surface area contributed by atoms with E-state index in [2.05, 4.69) is 0 Å². The Hall–Kier alpha value is -0.310. The molecular formula is C12H12F2Hf. The molecule has 0 atom stereocenters. The van der Waals surface area contributed by atoms with Crippen LogP contribution in [0.1, 0.15) is 25.0 Å². The van der Waals surface area contributed by atoms with Gasteiger partial charge >= 0.3 is 0 Å². The molecule has 1 aromatic rings. The van der Waals surface area contributed by atoms with Crippen molar-refractivity contribution in [3.63, 3.8) is 0 Å². The van der Waals surface area contributed by atoms with Gasteiger partial charge in [-0.25, -0.2) is 0 Å². The van der Waals surface area contributed by atoms with E-state index >= 15 is 0 Å². The summed E-state index contributed by atoms with van der Waals surface area (Å²) in [5.74, 6) is -2.89. The van der Waals surface area contributed by atoms with Crippen molar-refractivity contribution in [1.29, 1.82) is 0 Å². The molecule has 1 aliphatic carbocycles. The van der Waals surface area contributed by atoms with Gasteiger partial charge in [-0.05, 0) is 17.6 Å². The van der Waals surface area contributed by atoms with E-state index in [1.54, 1.807) is 38.1 Å². The first-order valence-electron chi connectivity index (χ1n) is 4.73. The van der Waals surface area contributed by atoms with E-state index in [-0.39, 0.29) is 42.9 Å². The van der Waals surface area contributed by atoms with Crippen LogP contribution in [0, 0.1) is 5.92 Å². The third-order valence-corrected chi connectivity index (χ3v) is 2.59. The van der Waals surface area contributed by atoms with Crippen LogP contribution < -0.4 is 0 Å². The van der Waals surface area contributed by atoms with E-state index in [4.69, 9.17) is 0 Å². The Labute approximate surface area is 107 Å². The largest absolute Gasteiger partial charge is 0.295 e. The molecule has 0 aromatic heterocycles. The van der Waals surface area contributed by atoms with Crippen LogP contribution in [0.25, 0.3) is 6.08 Å². The van der Waals surface area contributed by atoms with Gasteiger partial charge in [0.15, 0.2) is 0 Å². The van der Waals surface area contributed by atoms with Crippen LogP contribution in [0.15, 0.2) is 29.8 Å². The molecule has 0 nitrogen and oxygen atoms in total. The quantitative estimate of drug-likeness (QED) is 0.657. The first kappa shape index (κ1) is 12.8. The summed E-state index contributed by atoms with van der Waals surface area (Å²) in [6.45, 7) is 3.59. The molecule has 2 rings (SSSR count). The molecule has 0 radical (unpaired) electrons. The fourth-order valence-electron chi connectivity index (χ4n) is 1.85. The van der Waals surface area contributed by atoms with E-state index in [0.29, 0.717) is 5.56 Å². The third-order valence-electron chi connectivity index (χ3n) is 2.59. The number of hydrogen-bond acceptors (Lipinski definition) is 0.